The van der Waals surface area contributed by atoms with Crippen LogP contribution in [0.15, 0.2) is 35.7 Å². The lowest BCUT2D eigenvalue weighted by Crippen LogP contribution is -2.19. The minimum absolute atomic E-state index is 0.284. The molecule has 146 valence electrons. The van der Waals surface area contributed by atoms with Crippen LogP contribution in [0.25, 0.3) is 32.7 Å². The predicted molar refractivity (Wildman–Crippen MR) is 117 cm³/mol. The second-order valence-corrected chi connectivity index (χ2v) is 8.32. The van der Waals surface area contributed by atoms with Crippen molar-refractivity contribution in [1.82, 2.24) is 9.97 Å². The van der Waals surface area contributed by atoms with E-state index in [0.29, 0.717) is 17.2 Å². The van der Waals surface area contributed by atoms with E-state index in [1.54, 1.807) is 11.3 Å². The van der Waals surface area contributed by atoms with Crippen LogP contribution in [0.5, 0.6) is 5.88 Å². The third kappa shape index (κ3) is 2.82. The number of hydrogen-bond donors (Lipinski definition) is 2. The van der Waals surface area contributed by atoms with Crippen molar-refractivity contribution in [2.24, 2.45) is 5.73 Å². The fourth-order valence-electron chi connectivity index (χ4n) is 4.15. The number of amides is 1. The first-order valence-electron chi connectivity index (χ1n) is 9.42. The van der Waals surface area contributed by atoms with Gasteiger partial charge in [0.25, 0.3) is 5.91 Å². The number of rotatable bonds is 4. The summed E-state index contributed by atoms with van der Waals surface area (Å²) in [5, 5.41) is 3.80. The molecular formula is C22H18ClN3O2S. The highest BCUT2D eigenvalue weighted by Gasteiger charge is 2.31. The van der Waals surface area contributed by atoms with Gasteiger partial charge in [-0.15, -0.1) is 11.3 Å². The highest BCUT2D eigenvalue weighted by molar-refractivity contribution is 7.13. The van der Waals surface area contributed by atoms with Gasteiger partial charge >= 0.3 is 0 Å². The molecule has 0 atom stereocenters. The van der Waals surface area contributed by atoms with Gasteiger partial charge in [-0.25, -0.2) is 4.98 Å². The highest BCUT2D eigenvalue weighted by Crippen LogP contribution is 2.45. The average Bonchev–Trinajstić information content (AvgIpc) is 3.34. The lowest BCUT2D eigenvalue weighted by molar-refractivity contribution is 0.0996. The first kappa shape index (κ1) is 18.2. The van der Waals surface area contributed by atoms with Crippen LogP contribution in [-0.4, -0.2) is 22.5 Å². The van der Waals surface area contributed by atoms with E-state index >= 15 is 0 Å². The summed E-state index contributed by atoms with van der Waals surface area (Å²) in [6, 6.07) is 9.81. The van der Waals surface area contributed by atoms with E-state index in [1.807, 2.05) is 42.6 Å². The number of aromatic nitrogens is 2. The van der Waals surface area contributed by atoms with E-state index < -0.39 is 5.91 Å². The predicted octanol–water partition coefficient (Wildman–Crippen LogP) is 5.21. The highest BCUT2D eigenvalue weighted by atomic mass is 35.5. The first-order chi connectivity index (χ1) is 14.1. The summed E-state index contributed by atoms with van der Waals surface area (Å²) in [7, 11) is 0. The Hall–Kier alpha value is -2.83. The lowest BCUT2D eigenvalue weighted by Gasteiger charge is -2.22. The molecule has 3 N–H and O–H groups in total. The Balaban J connectivity index is 1.86. The Bertz CT molecular complexity index is 1260. The lowest BCUT2D eigenvalue weighted by atomic mass is 9.87. The van der Waals surface area contributed by atoms with Gasteiger partial charge in [-0.3, -0.25) is 4.79 Å². The van der Waals surface area contributed by atoms with Gasteiger partial charge in [0.1, 0.15) is 5.56 Å². The van der Waals surface area contributed by atoms with E-state index in [2.05, 4.69) is 4.98 Å². The second kappa shape index (κ2) is 6.90. The Morgan fingerprint density at radius 1 is 1.31 bits per heavy atom. The van der Waals surface area contributed by atoms with Crippen LogP contribution < -0.4 is 10.5 Å². The van der Waals surface area contributed by atoms with Crippen LogP contribution in [0, 0.1) is 0 Å². The number of hydrogen-bond acceptors (Lipinski definition) is 4. The zero-order valence-corrected chi connectivity index (χ0v) is 17.3. The quantitative estimate of drug-likeness (QED) is 0.472. The summed E-state index contributed by atoms with van der Waals surface area (Å²) >= 11 is 7.81. The first-order valence-corrected chi connectivity index (χ1v) is 10.7. The molecule has 1 aromatic carbocycles. The maximum absolute atomic E-state index is 12.4. The summed E-state index contributed by atoms with van der Waals surface area (Å²) in [5.74, 6) is -0.243. The molecular weight excluding hydrogens is 406 g/mol. The summed E-state index contributed by atoms with van der Waals surface area (Å²) in [4.78, 5) is 21.7. The number of nitrogens with zero attached hydrogens (tertiary/aromatic N) is 1. The zero-order chi connectivity index (χ0) is 20.1. The number of carbonyl (C=O) groups excluding carboxylic acids is 1. The van der Waals surface area contributed by atoms with Gasteiger partial charge in [-0.2, -0.15) is 0 Å². The van der Waals surface area contributed by atoms with Crippen molar-refractivity contribution >= 4 is 39.7 Å². The molecule has 0 fully saturated rings. The Labute approximate surface area is 176 Å². The number of aromatic amines is 1. The third-order valence-corrected chi connectivity index (χ3v) is 6.41. The van der Waals surface area contributed by atoms with Crippen molar-refractivity contribution in [3.63, 3.8) is 0 Å². The number of primary amides is 1. The van der Waals surface area contributed by atoms with Crippen LogP contribution in [0.3, 0.4) is 0 Å². The average molecular weight is 424 g/mol. The number of pyridine rings is 1. The van der Waals surface area contributed by atoms with Crippen LogP contribution >= 0.6 is 22.9 Å². The monoisotopic (exact) mass is 423 g/mol. The van der Waals surface area contributed by atoms with Gasteiger partial charge in [0.2, 0.25) is 5.88 Å². The molecule has 0 radical (unpaired) electrons. The number of halogens is 1. The molecule has 1 aliphatic carbocycles. The molecule has 0 unspecified atom stereocenters. The molecule has 0 saturated carbocycles. The molecule has 4 aromatic rings. The van der Waals surface area contributed by atoms with E-state index in [1.165, 1.54) is 5.56 Å². The molecule has 0 spiro atoms. The standard InChI is InChI=1S/C22H18ClN3O2S/c1-2-28-22-18(21(24)27)17(16-4-3-9-29-16)13-7-6-12-14-10-11(23)5-8-15(14)25-19(12)20(13)26-22/h3-5,8-10,25H,2,6-7H2,1H3,(H2,24,27). The number of ether oxygens (including phenoxy) is 1. The topological polar surface area (TPSA) is 81.0 Å². The second-order valence-electron chi connectivity index (χ2n) is 6.94. The largest absolute Gasteiger partial charge is 0.477 e. The molecule has 5 rings (SSSR count). The van der Waals surface area contributed by atoms with Crippen LogP contribution in [0.1, 0.15) is 28.4 Å². The summed E-state index contributed by atoms with van der Waals surface area (Å²) in [6.07, 6.45) is 1.59. The Morgan fingerprint density at radius 3 is 2.86 bits per heavy atom. The number of benzene rings is 1. The number of nitrogens with one attached hydrogen (secondary N) is 1. The fourth-order valence-corrected chi connectivity index (χ4v) is 5.12. The van der Waals surface area contributed by atoms with Gasteiger partial charge < -0.3 is 15.5 Å². The smallest absolute Gasteiger partial charge is 0.254 e. The SMILES string of the molecule is CCOc1nc2c(c(-c3cccs3)c1C(N)=O)CCc1c-2[nH]c2ccc(Cl)cc12. The summed E-state index contributed by atoms with van der Waals surface area (Å²) in [5.41, 5.74) is 12.0. The molecule has 0 saturated heterocycles. The van der Waals surface area contributed by atoms with Crippen molar-refractivity contribution in [3.05, 3.63) is 57.4 Å². The van der Waals surface area contributed by atoms with Gasteiger partial charge in [0.05, 0.1) is 18.0 Å². The van der Waals surface area contributed by atoms with Gasteiger partial charge in [0.15, 0.2) is 0 Å². The normalized spacial score (nSPS) is 12.6. The minimum atomic E-state index is -0.527. The molecule has 29 heavy (non-hydrogen) atoms. The fraction of sp³-hybridized carbons (Fsp3) is 0.182. The number of thiophene rings is 1. The van der Waals surface area contributed by atoms with Gasteiger partial charge in [-0.1, -0.05) is 17.7 Å². The van der Waals surface area contributed by atoms with Crippen LogP contribution in [0.4, 0.5) is 0 Å². The Kier molecular flexibility index (Phi) is 4.33. The Morgan fingerprint density at radius 2 is 2.14 bits per heavy atom. The van der Waals surface area contributed by atoms with Crippen molar-refractivity contribution < 1.29 is 9.53 Å². The number of fused-ring (bicyclic) bond motifs is 5. The van der Waals surface area contributed by atoms with E-state index in [-0.39, 0.29) is 5.88 Å². The number of H-pyrrole nitrogens is 1. The van der Waals surface area contributed by atoms with Gasteiger partial charge in [0, 0.05) is 26.4 Å². The van der Waals surface area contributed by atoms with Crippen molar-refractivity contribution in [2.75, 3.05) is 6.61 Å². The molecule has 0 aliphatic heterocycles. The van der Waals surface area contributed by atoms with Gasteiger partial charge in [-0.05, 0) is 60.5 Å². The summed E-state index contributed by atoms with van der Waals surface area (Å²) in [6.45, 7) is 2.26. The van der Waals surface area contributed by atoms with Crippen LogP contribution in [-0.2, 0) is 12.8 Å². The molecule has 0 bridgehead atoms. The number of aryl methyl sites for hydroxylation is 1. The molecule has 5 nitrogen and oxygen atoms in total. The maximum atomic E-state index is 12.4. The van der Waals surface area contributed by atoms with Crippen LogP contribution in [0.2, 0.25) is 5.02 Å². The molecule has 3 heterocycles. The molecule has 1 aliphatic rings. The molecule has 7 heteroatoms. The van der Waals surface area contributed by atoms with E-state index in [4.69, 9.17) is 27.1 Å². The van der Waals surface area contributed by atoms with Crippen molar-refractivity contribution in [2.45, 2.75) is 19.8 Å². The molecule has 1 amide bonds. The van der Waals surface area contributed by atoms with E-state index in [0.717, 1.165) is 51.1 Å². The van der Waals surface area contributed by atoms with Crippen molar-refractivity contribution in [1.29, 1.82) is 0 Å². The third-order valence-electron chi connectivity index (χ3n) is 5.29. The zero-order valence-electron chi connectivity index (χ0n) is 15.7. The minimum Gasteiger partial charge on any atom is -0.477 e. The molecule has 3 aromatic heterocycles. The number of nitrogens with two attached hydrogens (primary N) is 1. The van der Waals surface area contributed by atoms with Crippen molar-refractivity contribution in [3.8, 4) is 27.7 Å². The maximum Gasteiger partial charge on any atom is 0.254 e. The summed E-state index contributed by atoms with van der Waals surface area (Å²) < 4.78 is 5.77. The van der Waals surface area contributed by atoms with E-state index in [9.17, 15) is 4.79 Å². The number of carbonyl (C=O) groups is 1.